The molecule has 0 unspecified atom stereocenters. The van der Waals surface area contributed by atoms with Gasteiger partial charge in [-0.15, -0.1) is 0 Å². The van der Waals surface area contributed by atoms with E-state index in [4.69, 9.17) is 0 Å². The Kier molecular flexibility index (Phi) is 5.63. The Balaban J connectivity index is 1.51. The van der Waals surface area contributed by atoms with Gasteiger partial charge in [0.05, 0.1) is 4.70 Å². The van der Waals surface area contributed by atoms with E-state index in [1.165, 1.54) is 11.5 Å². The van der Waals surface area contributed by atoms with Gasteiger partial charge in [0.15, 0.2) is 0 Å². The van der Waals surface area contributed by atoms with Gasteiger partial charge in [-0.05, 0) is 55.5 Å². The zero-order chi connectivity index (χ0) is 17.6. The summed E-state index contributed by atoms with van der Waals surface area (Å²) in [5, 5.41) is 7.36. The molecule has 0 atom stereocenters. The monoisotopic (exact) mass is 354 g/mol. The first-order valence-corrected chi connectivity index (χ1v) is 9.01. The highest BCUT2D eigenvalue weighted by molar-refractivity contribution is 7.13. The van der Waals surface area contributed by atoms with Gasteiger partial charge in [0, 0.05) is 30.6 Å². The van der Waals surface area contributed by atoms with Gasteiger partial charge in [-0.2, -0.15) is 4.37 Å². The number of aromatic nitrogens is 1. The molecule has 0 bridgehead atoms. The van der Waals surface area contributed by atoms with Crippen molar-refractivity contribution in [2.75, 3.05) is 32.5 Å². The van der Waals surface area contributed by atoms with Gasteiger partial charge in [-0.3, -0.25) is 4.79 Å². The lowest BCUT2D eigenvalue weighted by molar-refractivity contribution is 0.0955. The molecule has 3 aromatic rings. The number of hydrogen-bond acceptors (Lipinski definition) is 5. The summed E-state index contributed by atoms with van der Waals surface area (Å²) in [4.78, 5) is 14.4. The summed E-state index contributed by atoms with van der Waals surface area (Å²) in [7, 11) is 4.03. The van der Waals surface area contributed by atoms with Crippen LogP contribution in [-0.4, -0.2) is 42.4 Å². The van der Waals surface area contributed by atoms with Gasteiger partial charge in [0.1, 0.15) is 5.82 Å². The number of amides is 1. The van der Waals surface area contributed by atoms with Crippen molar-refractivity contribution >= 4 is 33.3 Å². The largest absolute Gasteiger partial charge is 0.367 e. The van der Waals surface area contributed by atoms with Crippen molar-refractivity contribution in [1.82, 2.24) is 14.6 Å². The fourth-order valence-electron chi connectivity index (χ4n) is 2.65. The van der Waals surface area contributed by atoms with Crippen molar-refractivity contribution < 1.29 is 4.79 Å². The van der Waals surface area contributed by atoms with Crippen LogP contribution in [0.25, 0.3) is 10.1 Å². The summed E-state index contributed by atoms with van der Waals surface area (Å²) in [6.07, 6.45) is 0. The van der Waals surface area contributed by atoms with Crippen LogP contribution in [0.4, 0.5) is 5.82 Å². The average Bonchev–Trinajstić information content (AvgIpc) is 3.01. The maximum Gasteiger partial charge on any atom is 0.251 e. The van der Waals surface area contributed by atoms with Crippen LogP contribution in [0.5, 0.6) is 0 Å². The van der Waals surface area contributed by atoms with Crippen molar-refractivity contribution in [1.29, 1.82) is 0 Å². The van der Waals surface area contributed by atoms with E-state index < -0.39 is 0 Å². The summed E-state index contributed by atoms with van der Waals surface area (Å²) in [5.41, 5.74) is 1.82. The molecular formula is C19H22N4OS. The van der Waals surface area contributed by atoms with E-state index in [9.17, 15) is 4.79 Å². The number of benzene rings is 2. The first-order valence-electron chi connectivity index (χ1n) is 8.23. The van der Waals surface area contributed by atoms with E-state index in [0.717, 1.165) is 28.0 Å². The lowest BCUT2D eigenvalue weighted by Crippen LogP contribution is -2.29. The number of fused-ring (bicyclic) bond motifs is 1. The van der Waals surface area contributed by atoms with Crippen LogP contribution in [0.1, 0.15) is 15.9 Å². The number of hydrogen-bond donors (Lipinski definition) is 2. The van der Waals surface area contributed by atoms with Crippen LogP contribution in [0.15, 0.2) is 48.5 Å². The fourth-order valence-corrected chi connectivity index (χ4v) is 3.40. The van der Waals surface area contributed by atoms with Crippen LogP contribution in [0, 0.1) is 0 Å². The van der Waals surface area contributed by atoms with Crippen molar-refractivity contribution in [3.63, 3.8) is 0 Å². The third kappa shape index (κ3) is 4.55. The Labute approximate surface area is 151 Å². The van der Waals surface area contributed by atoms with Crippen LogP contribution in [-0.2, 0) is 6.54 Å². The Bertz CT molecular complexity index is 859. The minimum atomic E-state index is -0.0504. The van der Waals surface area contributed by atoms with Crippen LogP contribution in [0.3, 0.4) is 0 Å². The van der Waals surface area contributed by atoms with E-state index in [-0.39, 0.29) is 5.91 Å². The number of nitrogens with one attached hydrogen (secondary N) is 2. The normalized spacial score (nSPS) is 11.0. The molecule has 3 rings (SSSR count). The highest BCUT2D eigenvalue weighted by Crippen LogP contribution is 2.25. The van der Waals surface area contributed by atoms with E-state index in [1.54, 1.807) is 0 Å². The highest BCUT2D eigenvalue weighted by atomic mass is 32.1. The number of anilines is 1. The predicted octanol–water partition coefficient (Wildman–Crippen LogP) is 3.20. The van der Waals surface area contributed by atoms with Crippen molar-refractivity contribution in [3.8, 4) is 0 Å². The van der Waals surface area contributed by atoms with Gasteiger partial charge in [0.2, 0.25) is 0 Å². The topological polar surface area (TPSA) is 57.3 Å². The molecule has 0 saturated heterocycles. The maximum absolute atomic E-state index is 12.3. The summed E-state index contributed by atoms with van der Waals surface area (Å²) in [6, 6.07) is 15.9. The lowest BCUT2D eigenvalue weighted by Gasteiger charge is -2.11. The molecule has 1 heterocycles. The molecule has 0 aliphatic carbocycles. The first kappa shape index (κ1) is 17.4. The summed E-state index contributed by atoms with van der Waals surface area (Å²) >= 11 is 1.48. The summed E-state index contributed by atoms with van der Waals surface area (Å²) in [5.74, 6) is 0.827. The van der Waals surface area contributed by atoms with Crippen LogP contribution >= 0.6 is 11.5 Å². The van der Waals surface area contributed by atoms with E-state index in [2.05, 4.69) is 32.0 Å². The molecular weight excluding hydrogens is 332 g/mol. The Hall–Kier alpha value is -2.44. The average molecular weight is 354 g/mol. The van der Waals surface area contributed by atoms with Crippen molar-refractivity contribution in [3.05, 3.63) is 59.7 Å². The number of carbonyl (C=O) groups is 1. The third-order valence-electron chi connectivity index (χ3n) is 3.77. The molecule has 5 nitrogen and oxygen atoms in total. The Morgan fingerprint density at radius 3 is 2.80 bits per heavy atom. The quantitative estimate of drug-likeness (QED) is 0.640. The molecule has 0 fully saturated rings. The number of nitrogens with zero attached hydrogens (tertiary/aromatic N) is 2. The molecule has 1 amide bonds. The van der Waals surface area contributed by atoms with E-state index >= 15 is 0 Å². The molecule has 130 valence electrons. The molecule has 2 aromatic carbocycles. The second-order valence-electron chi connectivity index (χ2n) is 6.15. The standard InChI is InChI=1S/C19H22N4OS/c1-23(2)13-14-6-5-7-15(12-14)19(24)21-11-10-20-18-16-8-3-4-9-17(16)25-22-18/h3-9,12H,10-11,13H2,1-2H3,(H,20,22)(H,21,24). The smallest absolute Gasteiger partial charge is 0.251 e. The Morgan fingerprint density at radius 2 is 1.96 bits per heavy atom. The molecule has 0 saturated carbocycles. The predicted molar refractivity (Wildman–Crippen MR) is 104 cm³/mol. The molecule has 0 spiro atoms. The zero-order valence-electron chi connectivity index (χ0n) is 14.5. The fraction of sp³-hybridized carbons (Fsp3) is 0.263. The van der Waals surface area contributed by atoms with Crippen LogP contribution in [0.2, 0.25) is 0 Å². The van der Waals surface area contributed by atoms with Crippen LogP contribution < -0.4 is 10.6 Å². The van der Waals surface area contributed by atoms with Crippen molar-refractivity contribution in [2.24, 2.45) is 0 Å². The summed E-state index contributed by atoms with van der Waals surface area (Å²) in [6.45, 7) is 2.00. The third-order valence-corrected chi connectivity index (χ3v) is 4.59. The molecule has 6 heteroatoms. The molecule has 2 N–H and O–H groups in total. The van der Waals surface area contributed by atoms with Gasteiger partial charge in [-0.1, -0.05) is 24.3 Å². The highest BCUT2D eigenvalue weighted by Gasteiger charge is 2.07. The molecule has 0 aliphatic rings. The zero-order valence-corrected chi connectivity index (χ0v) is 15.3. The first-order chi connectivity index (χ1) is 12.1. The summed E-state index contributed by atoms with van der Waals surface area (Å²) < 4.78 is 5.58. The number of carbonyl (C=O) groups excluding carboxylic acids is 1. The van der Waals surface area contributed by atoms with Gasteiger partial charge in [0.25, 0.3) is 5.91 Å². The van der Waals surface area contributed by atoms with E-state index in [1.807, 2.05) is 50.5 Å². The Morgan fingerprint density at radius 1 is 1.12 bits per heavy atom. The lowest BCUT2D eigenvalue weighted by atomic mass is 10.1. The van der Waals surface area contributed by atoms with Gasteiger partial charge < -0.3 is 15.5 Å². The second kappa shape index (κ2) is 8.09. The molecule has 0 radical (unpaired) electrons. The van der Waals surface area contributed by atoms with Crippen molar-refractivity contribution in [2.45, 2.75) is 6.54 Å². The van der Waals surface area contributed by atoms with E-state index in [0.29, 0.717) is 18.7 Å². The van der Waals surface area contributed by atoms with Gasteiger partial charge in [-0.25, -0.2) is 0 Å². The number of rotatable bonds is 7. The molecule has 0 aliphatic heterocycles. The second-order valence-corrected chi connectivity index (χ2v) is 6.95. The maximum atomic E-state index is 12.3. The molecule has 25 heavy (non-hydrogen) atoms. The minimum Gasteiger partial charge on any atom is -0.367 e. The SMILES string of the molecule is CN(C)Cc1cccc(C(=O)NCCNc2nsc3ccccc23)c1. The minimum absolute atomic E-state index is 0.0504. The molecule has 1 aromatic heterocycles. The van der Waals surface area contributed by atoms with Gasteiger partial charge >= 0.3 is 0 Å².